The number of aromatic amines is 1. The van der Waals surface area contributed by atoms with Crippen molar-refractivity contribution < 1.29 is 0 Å². The molecule has 2 aromatic heterocycles. The van der Waals surface area contributed by atoms with Gasteiger partial charge in [-0.3, -0.25) is 4.79 Å². The Bertz CT molecular complexity index is 516. The van der Waals surface area contributed by atoms with Gasteiger partial charge >= 0.3 is 0 Å². The first-order valence-electron chi connectivity index (χ1n) is 4.01. The molecule has 0 aliphatic carbocycles. The minimum absolute atomic E-state index is 0.175. The van der Waals surface area contributed by atoms with E-state index in [1.807, 2.05) is 13.0 Å². The fourth-order valence-electron chi connectivity index (χ4n) is 1.24. The molecule has 0 aromatic carbocycles. The highest BCUT2D eigenvalue weighted by molar-refractivity contribution is 5.72. The van der Waals surface area contributed by atoms with E-state index >= 15 is 0 Å². The molecule has 4 nitrogen and oxygen atoms in total. The van der Waals surface area contributed by atoms with Crippen LogP contribution < -0.4 is 5.56 Å². The van der Waals surface area contributed by atoms with Crippen LogP contribution in [0.5, 0.6) is 0 Å². The maximum atomic E-state index is 11.4. The Morgan fingerprint density at radius 2 is 2.00 bits per heavy atom. The molecule has 0 saturated carbocycles. The summed E-state index contributed by atoms with van der Waals surface area (Å²) >= 11 is 0. The van der Waals surface area contributed by atoms with Crippen LogP contribution in [-0.4, -0.2) is 15.0 Å². The van der Waals surface area contributed by atoms with Crippen molar-refractivity contribution in [2.75, 3.05) is 0 Å². The van der Waals surface area contributed by atoms with E-state index in [0.717, 1.165) is 5.69 Å². The number of nitrogens with one attached hydrogen (secondary N) is 1. The molecule has 0 saturated heterocycles. The fourth-order valence-corrected chi connectivity index (χ4v) is 1.24. The van der Waals surface area contributed by atoms with Crippen LogP contribution in [0.25, 0.3) is 11.0 Å². The van der Waals surface area contributed by atoms with Crippen molar-refractivity contribution >= 4 is 11.0 Å². The average molecular weight is 175 g/mol. The molecule has 2 heterocycles. The zero-order valence-corrected chi connectivity index (χ0v) is 7.46. The van der Waals surface area contributed by atoms with Crippen molar-refractivity contribution in [3.05, 3.63) is 34.0 Å². The molecule has 0 radical (unpaired) electrons. The molecule has 0 aliphatic heterocycles. The second-order valence-corrected chi connectivity index (χ2v) is 2.97. The standard InChI is InChI=1S/C9H9N3O/c1-5-3-4-7-8(10-5)9(13)12-6(2)11-7/h3-4H,1-2H3,(H,11,12,13). The monoisotopic (exact) mass is 175 g/mol. The lowest BCUT2D eigenvalue weighted by atomic mass is 10.3. The van der Waals surface area contributed by atoms with Crippen molar-refractivity contribution in [3.63, 3.8) is 0 Å². The molecule has 2 rings (SSSR count). The van der Waals surface area contributed by atoms with E-state index in [9.17, 15) is 4.79 Å². The van der Waals surface area contributed by atoms with Gasteiger partial charge in [0.15, 0.2) is 5.52 Å². The summed E-state index contributed by atoms with van der Waals surface area (Å²) in [6.07, 6.45) is 0. The number of nitrogens with zero attached hydrogens (tertiary/aromatic N) is 2. The molecule has 0 fully saturated rings. The minimum atomic E-state index is -0.175. The predicted octanol–water partition coefficient (Wildman–Crippen LogP) is 0.935. The van der Waals surface area contributed by atoms with Crippen LogP contribution in [0, 0.1) is 13.8 Å². The number of aryl methyl sites for hydroxylation is 2. The highest BCUT2D eigenvalue weighted by atomic mass is 16.1. The van der Waals surface area contributed by atoms with Gasteiger partial charge in [-0.05, 0) is 26.0 Å². The van der Waals surface area contributed by atoms with Gasteiger partial charge in [0.1, 0.15) is 5.82 Å². The maximum absolute atomic E-state index is 11.4. The summed E-state index contributed by atoms with van der Waals surface area (Å²) < 4.78 is 0. The minimum Gasteiger partial charge on any atom is -0.309 e. The Kier molecular flexibility index (Phi) is 1.62. The van der Waals surface area contributed by atoms with Crippen LogP contribution in [0.15, 0.2) is 16.9 Å². The number of aromatic nitrogens is 3. The van der Waals surface area contributed by atoms with Gasteiger partial charge in [-0.25, -0.2) is 9.97 Å². The molecule has 0 bridgehead atoms. The summed E-state index contributed by atoms with van der Waals surface area (Å²) in [7, 11) is 0. The van der Waals surface area contributed by atoms with E-state index < -0.39 is 0 Å². The second kappa shape index (κ2) is 2.65. The quantitative estimate of drug-likeness (QED) is 0.648. The summed E-state index contributed by atoms with van der Waals surface area (Å²) in [6, 6.07) is 3.65. The third-order valence-electron chi connectivity index (χ3n) is 1.81. The molecule has 0 amide bonds. The summed E-state index contributed by atoms with van der Waals surface area (Å²) in [5.74, 6) is 0.614. The van der Waals surface area contributed by atoms with Crippen molar-refractivity contribution in [2.45, 2.75) is 13.8 Å². The van der Waals surface area contributed by atoms with Gasteiger partial charge < -0.3 is 4.98 Å². The maximum Gasteiger partial charge on any atom is 0.277 e. The summed E-state index contributed by atoms with van der Waals surface area (Å²) in [4.78, 5) is 22.3. The van der Waals surface area contributed by atoms with Gasteiger partial charge in [-0.1, -0.05) is 0 Å². The van der Waals surface area contributed by atoms with Crippen LogP contribution >= 0.6 is 0 Å². The Labute approximate surface area is 74.7 Å². The third kappa shape index (κ3) is 1.30. The second-order valence-electron chi connectivity index (χ2n) is 2.97. The highest BCUT2D eigenvalue weighted by Crippen LogP contribution is 2.04. The van der Waals surface area contributed by atoms with E-state index in [-0.39, 0.29) is 5.56 Å². The smallest absolute Gasteiger partial charge is 0.277 e. The van der Waals surface area contributed by atoms with Gasteiger partial charge in [-0.15, -0.1) is 0 Å². The lowest BCUT2D eigenvalue weighted by Crippen LogP contribution is -2.11. The van der Waals surface area contributed by atoms with Crippen LogP contribution in [0.1, 0.15) is 11.5 Å². The molecular weight excluding hydrogens is 166 g/mol. The predicted molar refractivity (Wildman–Crippen MR) is 49.6 cm³/mol. The average Bonchev–Trinajstić information content (AvgIpc) is 2.06. The molecule has 2 aromatic rings. The summed E-state index contributed by atoms with van der Waals surface area (Å²) in [5.41, 5.74) is 1.70. The van der Waals surface area contributed by atoms with Crippen LogP contribution in [0.4, 0.5) is 0 Å². The van der Waals surface area contributed by atoms with Gasteiger partial charge in [-0.2, -0.15) is 0 Å². The number of pyridine rings is 1. The van der Waals surface area contributed by atoms with E-state index in [0.29, 0.717) is 16.9 Å². The van der Waals surface area contributed by atoms with E-state index in [1.54, 1.807) is 13.0 Å². The number of H-pyrrole nitrogens is 1. The molecule has 0 atom stereocenters. The molecule has 1 N–H and O–H groups in total. The highest BCUT2D eigenvalue weighted by Gasteiger charge is 2.01. The van der Waals surface area contributed by atoms with E-state index in [4.69, 9.17) is 0 Å². The van der Waals surface area contributed by atoms with Crippen molar-refractivity contribution in [1.82, 2.24) is 15.0 Å². The van der Waals surface area contributed by atoms with E-state index in [2.05, 4.69) is 15.0 Å². The Balaban J connectivity index is 2.95. The lowest BCUT2D eigenvalue weighted by Gasteiger charge is -1.97. The molecule has 0 spiro atoms. The van der Waals surface area contributed by atoms with Gasteiger partial charge in [0.25, 0.3) is 5.56 Å². The first kappa shape index (κ1) is 7.91. The SMILES string of the molecule is Cc1ccc2nc(C)[nH]c(=O)c2n1. The number of hydrogen-bond donors (Lipinski definition) is 1. The number of hydrogen-bond acceptors (Lipinski definition) is 3. The molecular formula is C9H9N3O. The molecule has 0 unspecified atom stereocenters. The molecule has 4 heteroatoms. The fraction of sp³-hybridized carbons (Fsp3) is 0.222. The Hall–Kier alpha value is -1.71. The topological polar surface area (TPSA) is 58.6 Å². The normalized spacial score (nSPS) is 10.6. The molecule has 13 heavy (non-hydrogen) atoms. The Morgan fingerprint density at radius 1 is 1.23 bits per heavy atom. The first-order chi connectivity index (χ1) is 6.16. The van der Waals surface area contributed by atoms with Gasteiger partial charge in [0, 0.05) is 5.69 Å². The zero-order chi connectivity index (χ0) is 9.42. The number of fused-ring (bicyclic) bond motifs is 1. The first-order valence-corrected chi connectivity index (χ1v) is 4.01. The molecule has 0 aliphatic rings. The van der Waals surface area contributed by atoms with Crippen molar-refractivity contribution in [3.8, 4) is 0 Å². The largest absolute Gasteiger partial charge is 0.309 e. The molecule has 66 valence electrons. The van der Waals surface area contributed by atoms with Crippen LogP contribution in [0.2, 0.25) is 0 Å². The number of rotatable bonds is 0. The Morgan fingerprint density at radius 3 is 2.77 bits per heavy atom. The van der Waals surface area contributed by atoms with Crippen molar-refractivity contribution in [1.29, 1.82) is 0 Å². The summed E-state index contributed by atoms with van der Waals surface area (Å²) in [5, 5.41) is 0. The zero-order valence-electron chi connectivity index (χ0n) is 7.46. The van der Waals surface area contributed by atoms with Gasteiger partial charge in [0.2, 0.25) is 0 Å². The lowest BCUT2D eigenvalue weighted by molar-refractivity contribution is 1.04. The summed E-state index contributed by atoms with van der Waals surface area (Å²) in [6.45, 7) is 3.60. The third-order valence-corrected chi connectivity index (χ3v) is 1.81. The van der Waals surface area contributed by atoms with E-state index in [1.165, 1.54) is 0 Å². The van der Waals surface area contributed by atoms with Gasteiger partial charge in [0.05, 0.1) is 5.52 Å². The van der Waals surface area contributed by atoms with Crippen molar-refractivity contribution in [2.24, 2.45) is 0 Å². The van der Waals surface area contributed by atoms with Crippen LogP contribution in [-0.2, 0) is 0 Å². The van der Waals surface area contributed by atoms with Crippen LogP contribution in [0.3, 0.4) is 0 Å².